The summed E-state index contributed by atoms with van der Waals surface area (Å²) in [6.45, 7) is 6.89. The number of nitrogens with two attached hydrogens (primary N) is 1. The number of rotatable bonds is 5. The highest BCUT2D eigenvalue weighted by Gasteiger charge is 2.12. The minimum atomic E-state index is -0.0241. The SMILES string of the molecule is COCC(C)Oc1nc(C)cc(C)c1CN. The van der Waals surface area contributed by atoms with E-state index in [1.165, 1.54) is 0 Å². The quantitative estimate of drug-likeness (QED) is 0.824. The number of aromatic nitrogens is 1. The van der Waals surface area contributed by atoms with Gasteiger partial charge < -0.3 is 15.2 Å². The zero-order valence-corrected chi connectivity index (χ0v) is 10.4. The molecule has 4 nitrogen and oxygen atoms in total. The van der Waals surface area contributed by atoms with Gasteiger partial charge in [0, 0.05) is 24.9 Å². The van der Waals surface area contributed by atoms with Crippen LogP contribution in [0, 0.1) is 13.8 Å². The fourth-order valence-electron chi connectivity index (χ4n) is 1.63. The smallest absolute Gasteiger partial charge is 0.218 e. The number of nitrogens with zero attached hydrogens (tertiary/aromatic N) is 1. The minimum absolute atomic E-state index is 0.0241. The molecule has 0 bridgehead atoms. The van der Waals surface area contributed by atoms with Crippen molar-refractivity contribution in [2.24, 2.45) is 5.73 Å². The van der Waals surface area contributed by atoms with Gasteiger partial charge in [0.1, 0.15) is 6.10 Å². The van der Waals surface area contributed by atoms with Crippen LogP contribution in [0.3, 0.4) is 0 Å². The Morgan fingerprint density at radius 3 is 2.69 bits per heavy atom. The Bertz CT molecular complexity index is 353. The van der Waals surface area contributed by atoms with Crippen molar-refractivity contribution < 1.29 is 9.47 Å². The highest BCUT2D eigenvalue weighted by atomic mass is 16.5. The number of hydrogen-bond acceptors (Lipinski definition) is 4. The molecule has 0 aliphatic rings. The Morgan fingerprint density at radius 1 is 1.44 bits per heavy atom. The molecule has 0 aromatic carbocycles. The van der Waals surface area contributed by atoms with Crippen molar-refractivity contribution in [2.75, 3.05) is 13.7 Å². The highest BCUT2D eigenvalue weighted by Crippen LogP contribution is 2.21. The number of aryl methyl sites for hydroxylation is 2. The fourth-order valence-corrected chi connectivity index (χ4v) is 1.63. The summed E-state index contributed by atoms with van der Waals surface area (Å²) >= 11 is 0. The molecular weight excluding hydrogens is 204 g/mol. The van der Waals surface area contributed by atoms with Crippen molar-refractivity contribution in [1.29, 1.82) is 0 Å². The molecular formula is C12H20N2O2. The second kappa shape index (κ2) is 5.82. The zero-order chi connectivity index (χ0) is 12.1. The molecule has 0 saturated carbocycles. The van der Waals surface area contributed by atoms with E-state index >= 15 is 0 Å². The summed E-state index contributed by atoms with van der Waals surface area (Å²) in [6.07, 6.45) is -0.0241. The summed E-state index contributed by atoms with van der Waals surface area (Å²) in [4.78, 5) is 4.37. The molecule has 1 rings (SSSR count). The molecule has 1 aromatic heterocycles. The molecule has 16 heavy (non-hydrogen) atoms. The van der Waals surface area contributed by atoms with Crippen LogP contribution in [-0.4, -0.2) is 24.8 Å². The number of ether oxygens (including phenoxy) is 2. The van der Waals surface area contributed by atoms with Gasteiger partial charge in [0.15, 0.2) is 0 Å². The van der Waals surface area contributed by atoms with Crippen LogP contribution in [-0.2, 0) is 11.3 Å². The first-order chi connectivity index (χ1) is 7.58. The van der Waals surface area contributed by atoms with E-state index in [1.54, 1.807) is 7.11 Å². The summed E-state index contributed by atoms with van der Waals surface area (Å²) in [7, 11) is 1.65. The monoisotopic (exact) mass is 224 g/mol. The zero-order valence-electron chi connectivity index (χ0n) is 10.4. The molecule has 0 amide bonds. The van der Waals surface area contributed by atoms with Crippen LogP contribution in [0.25, 0.3) is 0 Å². The van der Waals surface area contributed by atoms with Crippen molar-refractivity contribution in [3.63, 3.8) is 0 Å². The average Bonchev–Trinajstić information content (AvgIpc) is 2.17. The largest absolute Gasteiger partial charge is 0.472 e. The van der Waals surface area contributed by atoms with Gasteiger partial charge in [-0.1, -0.05) is 0 Å². The third kappa shape index (κ3) is 3.18. The van der Waals surface area contributed by atoms with E-state index in [4.69, 9.17) is 15.2 Å². The molecule has 1 heterocycles. The predicted octanol–water partition coefficient (Wildman–Crippen LogP) is 1.57. The number of methoxy groups -OCH3 is 1. The van der Waals surface area contributed by atoms with Gasteiger partial charge in [0.05, 0.1) is 6.61 Å². The van der Waals surface area contributed by atoms with E-state index in [-0.39, 0.29) is 6.10 Å². The van der Waals surface area contributed by atoms with Crippen LogP contribution in [0.5, 0.6) is 5.88 Å². The van der Waals surface area contributed by atoms with Gasteiger partial charge in [-0.25, -0.2) is 4.98 Å². The second-order valence-electron chi connectivity index (χ2n) is 3.95. The minimum Gasteiger partial charge on any atom is -0.472 e. The Labute approximate surface area is 96.8 Å². The lowest BCUT2D eigenvalue weighted by Crippen LogP contribution is -2.20. The van der Waals surface area contributed by atoms with Crippen molar-refractivity contribution in [2.45, 2.75) is 33.4 Å². The topological polar surface area (TPSA) is 57.4 Å². The van der Waals surface area contributed by atoms with Gasteiger partial charge in [-0.3, -0.25) is 0 Å². The second-order valence-corrected chi connectivity index (χ2v) is 3.95. The summed E-state index contributed by atoms with van der Waals surface area (Å²) < 4.78 is 10.7. The number of pyridine rings is 1. The molecule has 1 aromatic rings. The summed E-state index contributed by atoms with van der Waals surface area (Å²) in [6, 6.07) is 2.01. The summed E-state index contributed by atoms with van der Waals surface area (Å²) in [5.74, 6) is 0.629. The van der Waals surface area contributed by atoms with Gasteiger partial charge in [0.2, 0.25) is 5.88 Å². The molecule has 2 N–H and O–H groups in total. The average molecular weight is 224 g/mol. The van der Waals surface area contributed by atoms with Crippen LogP contribution in [0.4, 0.5) is 0 Å². The van der Waals surface area contributed by atoms with Crippen LogP contribution in [0.15, 0.2) is 6.07 Å². The van der Waals surface area contributed by atoms with E-state index in [0.717, 1.165) is 16.8 Å². The first-order valence-corrected chi connectivity index (χ1v) is 5.41. The molecule has 90 valence electrons. The molecule has 1 atom stereocenters. The first kappa shape index (κ1) is 12.9. The predicted molar refractivity (Wildman–Crippen MR) is 63.6 cm³/mol. The third-order valence-corrected chi connectivity index (χ3v) is 2.36. The molecule has 0 aliphatic carbocycles. The van der Waals surface area contributed by atoms with E-state index < -0.39 is 0 Å². The lowest BCUT2D eigenvalue weighted by molar-refractivity contribution is 0.0881. The third-order valence-electron chi connectivity index (χ3n) is 2.36. The van der Waals surface area contributed by atoms with Crippen LogP contribution < -0.4 is 10.5 Å². The van der Waals surface area contributed by atoms with E-state index in [9.17, 15) is 0 Å². The lowest BCUT2D eigenvalue weighted by atomic mass is 10.1. The highest BCUT2D eigenvalue weighted by molar-refractivity contribution is 5.35. The normalized spacial score (nSPS) is 12.6. The Balaban J connectivity index is 2.93. The fraction of sp³-hybridized carbons (Fsp3) is 0.583. The van der Waals surface area contributed by atoms with Gasteiger partial charge in [-0.05, 0) is 32.4 Å². The van der Waals surface area contributed by atoms with Crippen molar-refractivity contribution >= 4 is 0 Å². The maximum atomic E-state index is 5.72. The van der Waals surface area contributed by atoms with Gasteiger partial charge in [-0.15, -0.1) is 0 Å². The van der Waals surface area contributed by atoms with E-state index in [2.05, 4.69) is 4.98 Å². The maximum absolute atomic E-state index is 5.72. The van der Waals surface area contributed by atoms with Crippen LogP contribution in [0.1, 0.15) is 23.7 Å². The van der Waals surface area contributed by atoms with Gasteiger partial charge >= 0.3 is 0 Å². The Hall–Kier alpha value is -1.13. The molecule has 0 saturated heterocycles. The summed E-state index contributed by atoms with van der Waals surface area (Å²) in [5, 5.41) is 0. The van der Waals surface area contributed by atoms with Crippen molar-refractivity contribution in [1.82, 2.24) is 4.98 Å². The Kier molecular flexibility index (Phi) is 4.71. The van der Waals surface area contributed by atoms with Gasteiger partial charge in [0.25, 0.3) is 0 Å². The first-order valence-electron chi connectivity index (χ1n) is 5.41. The van der Waals surface area contributed by atoms with E-state index in [0.29, 0.717) is 19.0 Å². The molecule has 0 fully saturated rings. The van der Waals surface area contributed by atoms with Crippen LogP contribution >= 0.6 is 0 Å². The molecule has 0 aliphatic heterocycles. The molecule has 4 heteroatoms. The van der Waals surface area contributed by atoms with Crippen molar-refractivity contribution in [3.05, 3.63) is 22.9 Å². The Morgan fingerprint density at radius 2 is 2.12 bits per heavy atom. The maximum Gasteiger partial charge on any atom is 0.218 e. The summed E-state index contributed by atoms with van der Waals surface area (Å²) in [5.41, 5.74) is 8.73. The number of hydrogen-bond donors (Lipinski definition) is 1. The molecule has 0 radical (unpaired) electrons. The van der Waals surface area contributed by atoms with Crippen LogP contribution in [0.2, 0.25) is 0 Å². The van der Waals surface area contributed by atoms with Crippen molar-refractivity contribution in [3.8, 4) is 5.88 Å². The lowest BCUT2D eigenvalue weighted by Gasteiger charge is -2.17. The van der Waals surface area contributed by atoms with Gasteiger partial charge in [-0.2, -0.15) is 0 Å². The van der Waals surface area contributed by atoms with E-state index in [1.807, 2.05) is 26.8 Å². The molecule has 1 unspecified atom stereocenters. The molecule has 0 spiro atoms. The standard InChI is InChI=1S/C12H20N2O2/c1-8-5-9(2)14-12(11(8)6-13)16-10(3)7-15-4/h5,10H,6-7,13H2,1-4H3.